The third kappa shape index (κ3) is 3.43. The molecule has 0 aliphatic carbocycles. The number of benzene rings is 1. The first-order chi connectivity index (χ1) is 10.1. The van der Waals surface area contributed by atoms with Crippen molar-refractivity contribution in [2.24, 2.45) is 0 Å². The standard InChI is InChI=1S/C15H17ClN2O2S/c1-18(9-11-2-3-15(16)21-11)8-10-6-13-14(7-12(10)17)20-5-4-19-13/h2-3,6-7H,4-5,8-9,17H2,1H3. The largest absolute Gasteiger partial charge is 0.486 e. The molecular formula is C15H17ClN2O2S. The van der Waals surface area contributed by atoms with Crippen LogP contribution in [0.25, 0.3) is 0 Å². The Labute approximate surface area is 133 Å². The van der Waals surface area contributed by atoms with Gasteiger partial charge in [-0.3, -0.25) is 4.90 Å². The molecule has 0 amide bonds. The lowest BCUT2D eigenvalue weighted by atomic mass is 10.1. The summed E-state index contributed by atoms with van der Waals surface area (Å²) < 4.78 is 12.0. The van der Waals surface area contributed by atoms with Gasteiger partial charge in [0.15, 0.2) is 11.5 Å². The predicted molar refractivity (Wildman–Crippen MR) is 86.3 cm³/mol. The summed E-state index contributed by atoms with van der Waals surface area (Å²) in [5.74, 6) is 1.51. The maximum atomic E-state index is 6.11. The fraction of sp³-hybridized carbons (Fsp3) is 0.333. The van der Waals surface area contributed by atoms with Gasteiger partial charge in [-0.05, 0) is 30.8 Å². The average molecular weight is 325 g/mol. The highest BCUT2D eigenvalue weighted by Gasteiger charge is 2.15. The Bertz CT molecular complexity index is 645. The number of halogens is 1. The summed E-state index contributed by atoms with van der Waals surface area (Å²) in [5, 5.41) is 0. The second-order valence-corrected chi connectivity index (χ2v) is 6.87. The van der Waals surface area contributed by atoms with Gasteiger partial charge in [-0.2, -0.15) is 0 Å². The molecule has 1 aromatic heterocycles. The lowest BCUT2D eigenvalue weighted by Crippen LogP contribution is -2.19. The van der Waals surface area contributed by atoms with E-state index in [2.05, 4.69) is 18.0 Å². The number of anilines is 1. The average Bonchev–Trinajstić information content (AvgIpc) is 2.85. The second kappa shape index (κ2) is 6.13. The van der Waals surface area contributed by atoms with Crippen LogP contribution in [-0.4, -0.2) is 25.2 Å². The molecule has 0 saturated carbocycles. The Hall–Kier alpha value is -1.43. The van der Waals surface area contributed by atoms with Crippen molar-refractivity contribution in [3.05, 3.63) is 39.0 Å². The van der Waals surface area contributed by atoms with E-state index in [0.29, 0.717) is 13.2 Å². The van der Waals surface area contributed by atoms with Gasteiger partial charge in [0.1, 0.15) is 13.2 Å². The monoisotopic (exact) mass is 324 g/mol. The number of nitrogens with two attached hydrogens (primary N) is 1. The minimum Gasteiger partial charge on any atom is -0.486 e. The van der Waals surface area contributed by atoms with Gasteiger partial charge in [0.25, 0.3) is 0 Å². The molecule has 6 heteroatoms. The van der Waals surface area contributed by atoms with Gasteiger partial charge < -0.3 is 15.2 Å². The van der Waals surface area contributed by atoms with Gasteiger partial charge in [0, 0.05) is 29.7 Å². The Morgan fingerprint density at radius 3 is 2.57 bits per heavy atom. The van der Waals surface area contributed by atoms with Crippen molar-refractivity contribution < 1.29 is 9.47 Å². The number of rotatable bonds is 4. The minimum absolute atomic E-state index is 0.574. The fourth-order valence-corrected chi connectivity index (χ4v) is 3.50. The van der Waals surface area contributed by atoms with Crippen LogP contribution >= 0.6 is 22.9 Å². The molecule has 1 aliphatic rings. The first-order valence-corrected chi connectivity index (χ1v) is 7.92. The number of nitrogen functional groups attached to an aromatic ring is 1. The number of fused-ring (bicyclic) bond motifs is 1. The first kappa shape index (κ1) is 14.5. The summed E-state index contributed by atoms with van der Waals surface area (Å²) in [5.41, 5.74) is 7.89. The van der Waals surface area contributed by atoms with Crippen molar-refractivity contribution in [3.8, 4) is 11.5 Å². The molecule has 0 fully saturated rings. The van der Waals surface area contributed by atoms with Gasteiger partial charge in [-0.25, -0.2) is 0 Å². The molecular weight excluding hydrogens is 308 g/mol. The van der Waals surface area contributed by atoms with Crippen LogP contribution in [0.1, 0.15) is 10.4 Å². The summed E-state index contributed by atoms with van der Waals surface area (Å²) in [6, 6.07) is 7.80. The molecule has 112 valence electrons. The van der Waals surface area contributed by atoms with E-state index >= 15 is 0 Å². The number of hydrogen-bond acceptors (Lipinski definition) is 5. The lowest BCUT2D eigenvalue weighted by molar-refractivity contribution is 0.171. The lowest BCUT2D eigenvalue weighted by Gasteiger charge is -2.22. The zero-order valence-corrected chi connectivity index (χ0v) is 13.3. The Morgan fingerprint density at radius 2 is 1.90 bits per heavy atom. The summed E-state index contributed by atoms with van der Waals surface area (Å²) in [6.45, 7) is 2.74. The third-order valence-corrected chi connectivity index (χ3v) is 4.51. The number of nitrogens with zero attached hydrogens (tertiary/aromatic N) is 1. The number of ether oxygens (including phenoxy) is 2. The normalized spacial score (nSPS) is 13.7. The van der Waals surface area contributed by atoms with Gasteiger partial charge >= 0.3 is 0 Å². The maximum absolute atomic E-state index is 6.11. The predicted octanol–water partition coefficient (Wildman–Crippen LogP) is 3.39. The summed E-state index contributed by atoms with van der Waals surface area (Å²) in [7, 11) is 2.06. The van der Waals surface area contributed by atoms with Crippen molar-refractivity contribution in [2.45, 2.75) is 13.1 Å². The third-order valence-electron chi connectivity index (χ3n) is 3.30. The highest BCUT2D eigenvalue weighted by molar-refractivity contribution is 7.16. The maximum Gasteiger partial charge on any atom is 0.163 e. The summed E-state index contributed by atoms with van der Waals surface area (Å²) in [6.07, 6.45) is 0. The van der Waals surface area contributed by atoms with Crippen LogP contribution in [0.15, 0.2) is 24.3 Å². The van der Waals surface area contributed by atoms with Crippen LogP contribution in [-0.2, 0) is 13.1 Å². The molecule has 0 atom stereocenters. The van der Waals surface area contributed by atoms with E-state index in [1.807, 2.05) is 18.2 Å². The summed E-state index contributed by atoms with van der Waals surface area (Å²) >= 11 is 7.56. The number of thiophene rings is 1. The van der Waals surface area contributed by atoms with Crippen molar-refractivity contribution in [1.29, 1.82) is 0 Å². The van der Waals surface area contributed by atoms with Crippen LogP contribution in [0, 0.1) is 0 Å². The van der Waals surface area contributed by atoms with Crippen molar-refractivity contribution >= 4 is 28.6 Å². The molecule has 1 aliphatic heterocycles. The molecule has 0 bridgehead atoms. The van der Waals surface area contributed by atoms with E-state index in [1.165, 1.54) is 4.88 Å². The first-order valence-electron chi connectivity index (χ1n) is 6.72. The molecule has 2 heterocycles. The molecule has 0 radical (unpaired) electrons. The van der Waals surface area contributed by atoms with Crippen molar-refractivity contribution in [2.75, 3.05) is 26.0 Å². The molecule has 0 spiro atoms. The molecule has 4 nitrogen and oxygen atoms in total. The second-order valence-electron chi connectivity index (χ2n) is 5.07. The highest BCUT2D eigenvalue weighted by Crippen LogP contribution is 2.35. The topological polar surface area (TPSA) is 47.7 Å². The number of hydrogen-bond donors (Lipinski definition) is 1. The molecule has 2 aromatic rings. The highest BCUT2D eigenvalue weighted by atomic mass is 35.5. The van der Waals surface area contributed by atoms with Gasteiger partial charge in [-0.1, -0.05) is 11.6 Å². The Morgan fingerprint density at radius 1 is 1.19 bits per heavy atom. The van der Waals surface area contributed by atoms with E-state index in [9.17, 15) is 0 Å². The molecule has 0 unspecified atom stereocenters. The molecule has 3 rings (SSSR count). The van der Waals surface area contributed by atoms with E-state index in [4.69, 9.17) is 26.8 Å². The van der Waals surface area contributed by atoms with E-state index in [-0.39, 0.29) is 0 Å². The van der Waals surface area contributed by atoms with E-state index in [0.717, 1.165) is 40.2 Å². The van der Waals surface area contributed by atoms with Gasteiger partial charge in [0.05, 0.1) is 4.34 Å². The summed E-state index contributed by atoms with van der Waals surface area (Å²) in [4.78, 5) is 3.43. The van der Waals surface area contributed by atoms with Gasteiger partial charge in [-0.15, -0.1) is 11.3 Å². The zero-order chi connectivity index (χ0) is 14.8. The fourth-order valence-electron chi connectivity index (χ4n) is 2.33. The Balaban J connectivity index is 1.71. The quantitative estimate of drug-likeness (QED) is 0.876. The zero-order valence-electron chi connectivity index (χ0n) is 11.8. The minimum atomic E-state index is 0.574. The van der Waals surface area contributed by atoms with Crippen LogP contribution in [0.5, 0.6) is 11.5 Å². The molecule has 0 saturated heterocycles. The Kier molecular flexibility index (Phi) is 4.24. The van der Waals surface area contributed by atoms with Crippen LogP contribution < -0.4 is 15.2 Å². The molecule has 1 aromatic carbocycles. The van der Waals surface area contributed by atoms with E-state index in [1.54, 1.807) is 11.3 Å². The van der Waals surface area contributed by atoms with E-state index < -0.39 is 0 Å². The molecule has 2 N–H and O–H groups in total. The van der Waals surface area contributed by atoms with Crippen molar-refractivity contribution in [1.82, 2.24) is 4.90 Å². The van der Waals surface area contributed by atoms with Gasteiger partial charge in [0.2, 0.25) is 0 Å². The van der Waals surface area contributed by atoms with Crippen LogP contribution in [0.3, 0.4) is 0 Å². The van der Waals surface area contributed by atoms with Crippen LogP contribution in [0.2, 0.25) is 4.34 Å². The molecule has 21 heavy (non-hydrogen) atoms. The van der Waals surface area contributed by atoms with Crippen molar-refractivity contribution in [3.63, 3.8) is 0 Å². The SMILES string of the molecule is CN(Cc1ccc(Cl)s1)Cc1cc2c(cc1N)OCCO2. The van der Waals surface area contributed by atoms with Crippen LogP contribution in [0.4, 0.5) is 5.69 Å². The smallest absolute Gasteiger partial charge is 0.163 e.